The van der Waals surface area contributed by atoms with Crippen LogP contribution < -0.4 is 5.73 Å². The lowest BCUT2D eigenvalue weighted by atomic mass is 9.97. The summed E-state index contributed by atoms with van der Waals surface area (Å²) in [6, 6.07) is 10.0. The first kappa shape index (κ1) is 13.5. The maximum absolute atomic E-state index is 6.47. The SMILES string of the molecule is CCN1CCOC(C(N)c2cccc3ncccc23)C1. The monoisotopic (exact) mass is 271 g/mol. The molecule has 2 unspecified atom stereocenters. The van der Waals surface area contributed by atoms with E-state index >= 15 is 0 Å². The van der Waals surface area contributed by atoms with Crippen molar-refractivity contribution in [1.29, 1.82) is 0 Å². The molecular formula is C16H21N3O. The van der Waals surface area contributed by atoms with Crippen LogP contribution in [-0.2, 0) is 4.74 Å². The lowest BCUT2D eigenvalue weighted by Gasteiger charge is -2.35. The van der Waals surface area contributed by atoms with Crippen LogP contribution in [0.25, 0.3) is 10.9 Å². The van der Waals surface area contributed by atoms with Gasteiger partial charge in [-0.1, -0.05) is 25.1 Å². The van der Waals surface area contributed by atoms with E-state index in [9.17, 15) is 0 Å². The van der Waals surface area contributed by atoms with E-state index in [1.54, 1.807) is 0 Å². The van der Waals surface area contributed by atoms with E-state index in [0.29, 0.717) is 0 Å². The molecule has 1 saturated heterocycles. The van der Waals surface area contributed by atoms with Gasteiger partial charge in [-0.2, -0.15) is 0 Å². The van der Waals surface area contributed by atoms with Crippen molar-refractivity contribution in [1.82, 2.24) is 9.88 Å². The van der Waals surface area contributed by atoms with E-state index < -0.39 is 0 Å². The maximum atomic E-state index is 6.47. The quantitative estimate of drug-likeness (QED) is 0.927. The van der Waals surface area contributed by atoms with Gasteiger partial charge in [0.05, 0.1) is 24.3 Å². The molecule has 2 atom stereocenters. The van der Waals surface area contributed by atoms with Gasteiger partial charge in [0.25, 0.3) is 0 Å². The Kier molecular flexibility index (Phi) is 3.96. The summed E-state index contributed by atoms with van der Waals surface area (Å²) in [6.07, 6.45) is 1.86. The van der Waals surface area contributed by atoms with E-state index in [0.717, 1.165) is 42.7 Å². The van der Waals surface area contributed by atoms with Crippen LogP contribution in [0.4, 0.5) is 0 Å². The number of morpholine rings is 1. The van der Waals surface area contributed by atoms with Crippen molar-refractivity contribution < 1.29 is 4.74 Å². The number of nitrogens with zero attached hydrogens (tertiary/aromatic N) is 2. The molecule has 2 heterocycles. The average molecular weight is 271 g/mol. The number of hydrogen-bond donors (Lipinski definition) is 1. The van der Waals surface area contributed by atoms with Gasteiger partial charge in [0, 0.05) is 24.7 Å². The Hall–Kier alpha value is -1.49. The summed E-state index contributed by atoms with van der Waals surface area (Å²) in [5.74, 6) is 0. The predicted octanol–water partition coefficient (Wildman–Crippen LogP) is 1.96. The zero-order chi connectivity index (χ0) is 13.9. The summed E-state index contributed by atoms with van der Waals surface area (Å²) in [5.41, 5.74) is 8.59. The highest BCUT2D eigenvalue weighted by atomic mass is 16.5. The third-order valence-corrected chi connectivity index (χ3v) is 4.06. The highest BCUT2D eigenvalue weighted by Gasteiger charge is 2.27. The molecule has 1 aliphatic rings. The second-order valence-electron chi connectivity index (χ2n) is 5.25. The molecular weight excluding hydrogens is 250 g/mol. The van der Waals surface area contributed by atoms with E-state index in [1.807, 2.05) is 24.4 Å². The number of hydrogen-bond acceptors (Lipinski definition) is 4. The minimum atomic E-state index is -0.114. The van der Waals surface area contributed by atoms with E-state index in [2.05, 4.69) is 28.9 Å². The molecule has 1 aliphatic heterocycles. The normalized spacial score (nSPS) is 22.0. The standard InChI is InChI=1S/C16H21N3O/c1-2-19-9-10-20-15(11-19)16(17)13-5-3-7-14-12(13)6-4-8-18-14/h3-8,15-16H,2,9-11,17H2,1H3. The summed E-state index contributed by atoms with van der Waals surface area (Å²) >= 11 is 0. The molecule has 3 rings (SSSR count). The molecule has 4 nitrogen and oxygen atoms in total. The van der Waals surface area contributed by atoms with Crippen LogP contribution >= 0.6 is 0 Å². The average Bonchev–Trinajstić information content (AvgIpc) is 2.53. The van der Waals surface area contributed by atoms with Crippen LogP contribution in [0.2, 0.25) is 0 Å². The second-order valence-corrected chi connectivity index (χ2v) is 5.25. The highest BCUT2D eigenvalue weighted by Crippen LogP contribution is 2.26. The molecule has 0 aliphatic carbocycles. The van der Waals surface area contributed by atoms with Crippen LogP contribution in [0.15, 0.2) is 36.5 Å². The molecule has 2 N–H and O–H groups in total. The number of pyridine rings is 1. The number of ether oxygens (including phenoxy) is 1. The smallest absolute Gasteiger partial charge is 0.0895 e. The molecule has 0 amide bonds. The van der Waals surface area contributed by atoms with Gasteiger partial charge in [-0.15, -0.1) is 0 Å². The zero-order valence-corrected chi connectivity index (χ0v) is 11.8. The molecule has 1 aromatic carbocycles. The Labute approximate surface area is 119 Å². The number of nitrogens with two attached hydrogens (primary N) is 1. The molecule has 1 fully saturated rings. The van der Waals surface area contributed by atoms with Crippen molar-refractivity contribution in [3.8, 4) is 0 Å². The van der Waals surface area contributed by atoms with Crippen LogP contribution in [-0.4, -0.2) is 42.2 Å². The number of benzene rings is 1. The van der Waals surface area contributed by atoms with Gasteiger partial charge < -0.3 is 10.5 Å². The Morgan fingerprint density at radius 2 is 2.30 bits per heavy atom. The fourth-order valence-electron chi connectivity index (χ4n) is 2.85. The minimum Gasteiger partial charge on any atom is -0.374 e. The van der Waals surface area contributed by atoms with Crippen molar-refractivity contribution >= 4 is 10.9 Å². The third kappa shape index (κ3) is 2.54. The van der Waals surface area contributed by atoms with Crippen molar-refractivity contribution in [2.45, 2.75) is 19.1 Å². The van der Waals surface area contributed by atoms with Crippen LogP contribution in [0.1, 0.15) is 18.5 Å². The predicted molar refractivity (Wildman–Crippen MR) is 80.5 cm³/mol. The molecule has 4 heteroatoms. The van der Waals surface area contributed by atoms with Crippen molar-refractivity contribution in [2.24, 2.45) is 5.73 Å². The van der Waals surface area contributed by atoms with Gasteiger partial charge in [-0.3, -0.25) is 9.88 Å². The van der Waals surface area contributed by atoms with Crippen molar-refractivity contribution in [3.05, 3.63) is 42.1 Å². The molecule has 20 heavy (non-hydrogen) atoms. The molecule has 106 valence electrons. The van der Waals surface area contributed by atoms with Gasteiger partial charge in [0.2, 0.25) is 0 Å². The first-order valence-corrected chi connectivity index (χ1v) is 7.22. The highest BCUT2D eigenvalue weighted by molar-refractivity contribution is 5.82. The topological polar surface area (TPSA) is 51.4 Å². The van der Waals surface area contributed by atoms with Gasteiger partial charge in [0.1, 0.15) is 0 Å². The maximum Gasteiger partial charge on any atom is 0.0895 e. The van der Waals surface area contributed by atoms with Gasteiger partial charge in [-0.05, 0) is 24.2 Å². The summed E-state index contributed by atoms with van der Waals surface area (Å²) in [5, 5.41) is 1.12. The second kappa shape index (κ2) is 5.87. The van der Waals surface area contributed by atoms with Gasteiger partial charge in [-0.25, -0.2) is 0 Å². The summed E-state index contributed by atoms with van der Waals surface area (Å²) in [4.78, 5) is 6.78. The first-order chi connectivity index (χ1) is 9.79. The number of rotatable bonds is 3. The lowest BCUT2D eigenvalue weighted by molar-refractivity contribution is -0.0390. The van der Waals surface area contributed by atoms with Crippen LogP contribution in [0, 0.1) is 0 Å². The molecule has 2 aromatic rings. The van der Waals surface area contributed by atoms with Crippen LogP contribution in [0.3, 0.4) is 0 Å². The molecule has 0 radical (unpaired) electrons. The number of fused-ring (bicyclic) bond motifs is 1. The third-order valence-electron chi connectivity index (χ3n) is 4.06. The molecule has 1 aromatic heterocycles. The molecule has 0 bridgehead atoms. The largest absolute Gasteiger partial charge is 0.374 e. The number of likely N-dealkylation sites (N-methyl/N-ethyl adjacent to an activating group) is 1. The van der Waals surface area contributed by atoms with Crippen LogP contribution in [0.5, 0.6) is 0 Å². The fraction of sp³-hybridized carbons (Fsp3) is 0.438. The van der Waals surface area contributed by atoms with E-state index in [-0.39, 0.29) is 12.1 Å². The molecule has 0 spiro atoms. The van der Waals surface area contributed by atoms with Gasteiger partial charge >= 0.3 is 0 Å². The Morgan fingerprint density at radius 1 is 1.40 bits per heavy atom. The lowest BCUT2D eigenvalue weighted by Crippen LogP contribution is -2.46. The Balaban J connectivity index is 1.90. The fourth-order valence-corrected chi connectivity index (χ4v) is 2.85. The van der Waals surface area contributed by atoms with Crippen molar-refractivity contribution in [2.75, 3.05) is 26.2 Å². The summed E-state index contributed by atoms with van der Waals surface area (Å²) in [6.45, 7) is 5.87. The first-order valence-electron chi connectivity index (χ1n) is 7.22. The van der Waals surface area contributed by atoms with Crippen molar-refractivity contribution in [3.63, 3.8) is 0 Å². The van der Waals surface area contributed by atoms with E-state index in [1.165, 1.54) is 0 Å². The zero-order valence-electron chi connectivity index (χ0n) is 11.8. The Bertz CT molecular complexity index is 581. The Morgan fingerprint density at radius 3 is 3.15 bits per heavy atom. The summed E-state index contributed by atoms with van der Waals surface area (Å²) in [7, 11) is 0. The van der Waals surface area contributed by atoms with Gasteiger partial charge in [0.15, 0.2) is 0 Å². The summed E-state index contributed by atoms with van der Waals surface area (Å²) < 4.78 is 5.89. The molecule has 0 saturated carbocycles. The minimum absolute atomic E-state index is 0.0505. The van der Waals surface area contributed by atoms with E-state index in [4.69, 9.17) is 10.5 Å². The number of aromatic nitrogens is 1.